The van der Waals surface area contributed by atoms with E-state index in [1.807, 2.05) is 37.5 Å². The first-order valence-corrected chi connectivity index (χ1v) is 13.4. The topological polar surface area (TPSA) is 108 Å². The number of halogens is 2. The largest absolute Gasteiger partial charge is 0.508 e. The highest BCUT2D eigenvalue weighted by atomic mass is 19.1. The number of phenolic OH excluding ortho intramolecular Hbond substituents is 1. The van der Waals surface area contributed by atoms with E-state index >= 15 is 4.39 Å². The Labute approximate surface area is 236 Å². The Morgan fingerprint density at radius 2 is 1.88 bits per heavy atom. The molecule has 0 saturated carbocycles. The van der Waals surface area contributed by atoms with Crippen molar-refractivity contribution >= 4 is 16.9 Å². The molecule has 1 aliphatic heterocycles. The number of fused-ring (bicyclic) bond motifs is 1. The maximum absolute atomic E-state index is 15.8. The van der Waals surface area contributed by atoms with Gasteiger partial charge in [-0.2, -0.15) is 4.98 Å². The zero-order valence-electron chi connectivity index (χ0n) is 23.3. The van der Waals surface area contributed by atoms with Crippen molar-refractivity contribution in [3.8, 4) is 22.7 Å². The van der Waals surface area contributed by atoms with E-state index in [0.717, 1.165) is 23.8 Å². The summed E-state index contributed by atoms with van der Waals surface area (Å²) < 4.78 is 32.0. The molecule has 0 radical (unpaired) electrons. The minimum absolute atomic E-state index is 0.0700. The van der Waals surface area contributed by atoms with Crippen molar-refractivity contribution in [1.29, 1.82) is 0 Å². The average molecular weight is 563 g/mol. The van der Waals surface area contributed by atoms with Crippen molar-refractivity contribution in [3.05, 3.63) is 82.6 Å². The molecule has 1 saturated heterocycles. The highest BCUT2D eigenvalue weighted by Gasteiger charge is 2.31. The van der Waals surface area contributed by atoms with E-state index in [2.05, 4.69) is 21.5 Å². The normalized spacial score (nSPS) is 16.9. The molecule has 9 nitrogen and oxygen atoms in total. The lowest BCUT2D eigenvalue weighted by Gasteiger charge is -2.42. The van der Waals surface area contributed by atoms with E-state index in [4.69, 9.17) is 0 Å². The van der Waals surface area contributed by atoms with Crippen LogP contribution in [0.25, 0.3) is 28.0 Å². The van der Waals surface area contributed by atoms with E-state index in [-0.39, 0.29) is 45.8 Å². The molecule has 1 fully saturated rings. The van der Waals surface area contributed by atoms with Crippen LogP contribution in [-0.2, 0) is 0 Å². The minimum atomic E-state index is -0.837. The summed E-state index contributed by atoms with van der Waals surface area (Å²) in [6.45, 7) is 12.6. The third-order valence-electron chi connectivity index (χ3n) is 7.45. The van der Waals surface area contributed by atoms with Crippen LogP contribution in [-0.4, -0.2) is 66.5 Å². The summed E-state index contributed by atoms with van der Waals surface area (Å²) in [7, 11) is 0. The number of nitrogens with zero attached hydrogens (tertiary/aromatic N) is 6. The number of pyridine rings is 2. The van der Waals surface area contributed by atoms with Crippen molar-refractivity contribution in [1.82, 2.24) is 24.4 Å². The fourth-order valence-corrected chi connectivity index (χ4v) is 5.38. The van der Waals surface area contributed by atoms with Crippen LogP contribution >= 0.6 is 0 Å². The van der Waals surface area contributed by atoms with Crippen LogP contribution < -0.4 is 10.6 Å². The Bertz CT molecular complexity index is 1710. The molecular formula is C30H32F2N6O3. The van der Waals surface area contributed by atoms with Crippen LogP contribution in [0.1, 0.15) is 37.9 Å². The molecule has 41 heavy (non-hydrogen) atoms. The third-order valence-corrected chi connectivity index (χ3v) is 7.45. The van der Waals surface area contributed by atoms with Crippen LogP contribution in [0.2, 0.25) is 0 Å². The number of aliphatic hydroxyl groups is 1. The van der Waals surface area contributed by atoms with Gasteiger partial charge in [0.1, 0.15) is 35.1 Å². The molecule has 2 N–H and O–H groups in total. The summed E-state index contributed by atoms with van der Waals surface area (Å²) in [6, 6.07) is 6.05. The maximum atomic E-state index is 15.8. The summed E-state index contributed by atoms with van der Waals surface area (Å²) in [5, 5.41) is 20.5. The molecule has 1 aromatic carbocycles. The number of rotatable bonds is 6. The van der Waals surface area contributed by atoms with Gasteiger partial charge in [0.25, 0.3) is 0 Å². The molecular weight excluding hydrogens is 530 g/mol. The Kier molecular flexibility index (Phi) is 7.58. The van der Waals surface area contributed by atoms with Gasteiger partial charge in [-0.05, 0) is 61.7 Å². The van der Waals surface area contributed by atoms with Crippen molar-refractivity contribution in [2.75, 3.05) is 24.5 Å². The second-order valence-corrected chi connectivity index (χ2v) is 10.6. The summed E-state index contributed by atoms with van der Waals surface area (Å²) >= 11 is 0. The standard InChI is InChI=1S/C30H32F2N6O3/c1-6-24(40)36-11-12-37(18(5)15-36)28-21-14-23(32)26(20-13-19(39)7-8-22(20)31)34-29(21)38(30(41)35-28)27-17(4)9-10-33-25(27)16(2)3/h6-10,13-14,16,18,24,39-40H,1,11-12,15H2,2-5H3/t18-,24?/m0/s1. The number of aromatic hydroxyl groups is 1. The first-order chi connectivity index (χ1) is 19.5. The van der Waals surface area contributed by atoms with Crippen LogP contribution in [0.5, 0.6) is 5.75 Å². The number of hydrogen-bond acceptors (Lipinski definition) is 8. The number of phenols is 1. The van der Waals surface area contributed by atoms with Gasteiger partial charge in [0.05, 0.1) is 16.8 Å². The van der Waals surface area contributed by atoms with Crippen LogP contribution in [0.15, 0.2) is 54.0 Å². The monoisotopic (exact) mass is 562 g/mol. The number of benzene rings is 1. The summed E-state index contributed by atoms with van der Waals surface area (Å²) in [5.74, 6) is -1.70. The summed E-state index contributed by atoms with van der Waals surface area (Å²) in [6.07, 6.45) is 2.28. The van der Waals surface area contributed by atoms with Gasteiger partial charge in [0, 0.05) is 37.4 Å². The van der Waals surface area contributed by atoms with Gasteiger partial charge in [0.2, 0.25) is 0 Å². The number of aliphatic hydroxyl groups excluding tert-OH is 1. The van der Waals surface area contributed by atoms with Crippen molar-refractivity contribution in [3.63, 3.8) is 0 Å². The quantitative estimate of drug-likeness (QED) is 0.336. The molecule has 0 bridgehead atoms. The van der Waals surface area contributed by atoms with Crippen LogP contribution in [0.3, 0.4) is 0 Å². The van der Waals surface area contributed by atoms with Gasteiger partial charge in [-0.25, -0.2) is 23.1 Å². The second kappa shape index (κ2) is 11.0. The Morgan fingerprint density at radius 3 is 2.56 bits per heavy atom. The lowest BCUT2D eigenvalue weighted by molar-refractivity contribution is 0.0296. The van der Waals surface area contributed by atoms with Crippen molar-refractivity contribution in [2.24, 2.45) is 0 Å². The van der Waals surface area contributed by atoms with E-state index in [1.54, 1.807) is 12.3 Å². The molecule has 214 valence electrons. The van der Waals surface area contributed by atoms with Crippen molar-refractivity contribution in [2.45, 2.75) is 45.9 Å². The molecule has 4 aromatic rings. The van der Waals surface area contributed by atoms with E-state index in [1.165, 1.54) is 16.7 Å². The third kappa shape index (κ3) is 5.07. The fraction of sp³-hybridized carbons (Fsp3) is 0.333. The van der Waals surface area contributed by atoms with Gasteiger partial charge in [-0.3, -0.25) is 9.88 Å². The predicted octanol–water partition coefficient (Wildman–Crippen LogP) is 4.27. The maximum Gasteiger partial charge on any atom is 0.355 e. The molecule has 0 spiro atoms. The molecule has 4 heterocycles. The lowest BCUT2D eigenvalue weighted by atomic mass is 10.0. The molecule has 3 aromatic heterocycles. The zero-order valence-corrected chi connectivity index (χ0v) is 23.3. The van der Waals surface area contributed by atoms with Gasteiger partial charge in [0.15, 0.2) is 5.65 Å². The van der Waals surface area contributed by atoms with Gasteiger partial charge < -0.3 is 15.1 Å². The first kappa shape index (κ1) is 28.3. The van der Waals surface area contributed by atoms with E-state index < -0.39 is 23.6 Å². The molecule has 1 unspecified atom stereocenters. The van der Waals surface area contributed by atoms with E-state index in [9.17, 15) is 19.4 Å². The van der Waals surface area contributed by atoms with Crippen LogP contribution in [0, 0.1) is 18.6 Å². The summed E-state index contributed by atoms with van der Waals surface area (Å²) in [5.41, 5.74) is 0.679. The Balaban J connectivity index is 1.82. The number of aromatic nitrogens is 4. The number of hydrogen-bond donors (Lipinski definition) is 2. The van der Waals surface area contributed by atoms with Gasteiger partial charge >= 0.3 is 5.69 Å². The molecule has 5 rings (SSSR count). The first-order valence-electron chi connectivity index (χ1n) is 13.4. The van der Waals surface area contributed by atoms with Gasteiger partial charge in [-0.1, -0.05) is 20.4 Å². The Morgan fingerprint density at radius 1 is 1.12 bits per heavy atom. The predicted molar refractivity (Wildman–Crippen MR) is 153 cm³/mol. The lowest BCUT2D eigenvalue weighted by Crippen LogP contribution is -2.55. The number of piperazine rings is 1. The molecule has 0 aliphatic carbocycles. The second-order valence-electron chi connectivity index (χ2n) is 10.6. The SMILES string of the molecule is C=CC(O)N1CCN(c2nc(=O)n(-c3c(C)ccnc3C(C)C)c3nc(-c4cc(O)ccc4F)c(F)cc23)[C@@H](C)C1. The van der Waals surface area contributed by atoms with Crippen molar-refractivity contribution < 1.29 is 19.0 Å². The number of anilines is 1. The highest BCUT2D eigenvalue weighted by molar-refractivity contribution is 5.90. The minimum Gasteiger partial charge on any atom is -0.508 e. The molecule has 2 atom stereocenters. The number of aryl methyl sites for hydroxylation is 1. The average Bonchev–Trinajstić information content (AvgIpc) is 2.94. The molecule has 1 aliphatic rings. The van der Waals surface area contributed by atoms with Crippen LogP contribution in [0.4, 0.5) is 14.6 Å². The Hall–Kier alpha value is -4.22. The summed E-state index contributed by atoms with van der Waals surface area (Å²) in [4.78, 5) is 31.1. The smallest absolute Gasteiger partial charge is 0.355 e. The fourth-order valence-electron chi connectivity index (χ4n) is 5.38. The van der Waals surface area contributed by atoms with Gasteiger partial charge in [-0.15, -0.1) is 0 Å². The zero-order chi connectivity index (χ0) is 29.6. The molecule has 0 amide bonds. The highest BCUT2D eigenvalue weighted by Crippen LogP contribution is 2.34. The van der Waals surface area contributed by atoms with E-state index in [0.29, 0.717) is 31.0 Å². The molecule has 11 heteroatoms.